The average Bonchev–Trinajstić information content (AvgIpc) is 2.88. The first kappa shape index (κ1) is 14.8. The fourth-order valence-corrected chi connectivity index (χ4v) is 2.25. The van der Waals surface area contributed by atoms with Crippen molar-refractivity contribution in [3.05, 3.63) is 87.8 Å². The van der Waals surface area contributed by atoms with Gasteiger partial charge in [0.2, 0.25) is 0 Å². The number of hydrogen-bond acceptors (Lipinski definition) is 3. The second-order valence-corrected chi connectivity index (χ2v) is 5.12. The quantitative estimate of drug-likeness (QED) is 0.582. The maximum absolute atomic E-state index is 12.4. The molecule has 1 heterocycles. The number of aromatic amines is 1. The second kappa shape index (κ2) is 6.79. The molecule has 1 N–H and O–H groups in total. The van der Waals surface area contributed by atoms with Crippen LogP contribution >= 0.6 is 0 Å². The van der Waals surface area contributed by atoms with Crippen molar-refractivity contribution in [2.24, 2.45) is 5.16 Å². The number of nitrogens with zero attached hydrogens (tertiary/aromatic N) is 2. The van der Waals surface area contributed by atoms with Gasteiger partial charge in [-0.3, -0.25) is 9.89 Å². The highest BCUT2D eigenvalue weighted by Crippen LogP contribution is 2.06. The van der Waals surface area contributed by atoms with Gasteiger partial charge in [0, 0.05) is 5.69 Å². The number of aryl methyl sites for hydroxylation is 1. The molecule has 5 nitrogen and oxygen atoms in total. The van der Waals surface area contributed by atoms with E-state index in [1.807, 2.05) is 67.6 Å². The van der Waals surface area contributed by atoms with Crippen LogP contribution in [0.25, 0.3) is 5.69 Å². The molecular weight excluding hydrogens is 290 g/mol. The molecule has 5 heteroatoms. The van der Waals surface area contributed by atoms with E-state index in [0.29, 0.717) is 12.2 Å². The van der Waals surface area contributed by atoms with Gasteiger partial charge in [0.05, 0.1) is 17.5 Å². The van der Waals surface area contributed by atoms with E-state index in [9.17, 15) is 4.79 Å². The van der Waals surface area contributed by atoms with Crippen LogP contribution in [0.5, 0.6) is 0 Å². The molecule has 0 radical (unpaired) electrons. The first-order valence-electron chi connectivity index (χ1n) is 7.32. The zero-order valence-electron chi connectivity index (χ0n) is 12.8. The molecule has 0 atom stereocenters. The zero-order chi connectivity index (χ0) is 16.1. The standard InChI is InChI=1S/C18H17N3O2/c1-14-17(12-19-23-13-15-8-4-2-5-9-15)18(22)21(20-14)16-10-6-3-7-11-16/h2-12,20H,13H2,1H3/b19-12+. The van der Waals surface area contributed by atoms with Gasteiger partial charge in [0.1, 0.15) is 6.61 Å². The van der Waals surface area contributed by atoms with E-state index in [2.05, 4.69) is 10.3 Å². The molecule has 0 fully saturated rings. The zero-order valence-corrected chi connectivity index (χ0v) is 12.8. The molecule has 0 spiro atoms. The number of H-pyrrole nitrogens is 1. The van der Waals surface area contributed by atoms with Crippen molar-refractivity contribution in [3.8, 4) is 5.69 Å². The van der Waals surface area contributed by atoms with E-state index in [0.717, 1.165) is 16.9 Å². The summed E-state index contributed by atoms with van der Waals surface area (Å²) in [4.78, 5) is 17.7. The third kappa shape index (κ3) is 3.40. The van der Waals surface area contributed by atoms with Gasteiger partial charge < -0.3 is 4.84 Å². The lowest BCUT2D eigenvalue weighted by atomic mass is 10.2. The molecule has 23 heavy (non-hydrogen) atoms. The molecule has 0 amide bonds. The first-order chi connectivity index (χ1) is 11.3. The smallest absolute Gasteiger partial charge is 0.280 e. The summed E-state index contributed by atoms with van der Waals surface area (Å²) in [6.45, 7) is 2.20. The van der Waals surface area contributed by atoms with Crippen LogP contribution in [0.15, 0.2) is 70.6 Å². The molecule has 3 rings (SSSR count). The van der Waals surface area contributed by atoms with Crippen LogP contribution in [0.1, 0.15) is 16.8 Å². The van der Waals surface area contributed by atoms with Crippen molar-refractivity contribution in [2.75, 3.05) is 0 Å². The third-order valence-corrected chi connectivity index (χ3v) is 3.46. The van der Waals surface area contributed by atoms with Gasteiger partial charge in [-0.25, -0.2) is 4.68 Å². The fraction of sp³-hybridized carbons (Fsp3) is 0.111. The molecule has 0 bridgehead atoms. The number of hydrogen-bond donors (Lipinski definition) is 1. The largest absolute Gasteiger partial charge is 0.391 e. The summed E-state index contributed by atoms with van der Waals surface area (Å²) < 4.78 is 1.49. The van der Waals surface area contributed by atoms with Crippen LogP contribution in [0.2, 0.25) is 0 Å². The van der Waals surface area contributed by atoms with Gasteiger partial charge in [-0.15, -0.1) is 0 Å². The van der Waals surface area contributed by atoms with E-state index in [4.69, 9.17) is 4.84 Å². The monoisotopic (exact) mass is 307 g/mol. The van der Waals surface area contributed by atoms with E-state index in [1.54, 1.807) is 0 Å². The van der Waals surface area contributed by atoms with Crippen molar-refractivity contribution in [1.82, 2.24) is 9.78 Å². The Bertz CT molecular complexity index is 849. The van der Waals surface area contributed by atoms with Gasteiger partial charge in [-0.1, -0.05) is 53.7 Å². The molecule has 0 saturated carbocycles. The number of benzene rings is 2. The van der Waals surface area contributed by atoms with E-state index in [-0.39, 0.29) is 5.56 Å². The topological polar surface area (TPSA) is 59.4 Å². The first-order valence-corrected chi connectivity index (χ1v) is 7.32. The Kier molecular flexibility index (Phi) is 4.38. The van der Waals surface area contributed by atoms with Crippen LogP contribution in [0.4, 0.5) is 0 Å². The highest BCUT2D eigenvalue weighted by atomic mass is 16.6. The Hall–Kier alpha value is -3.08. The van der Waals surface area contributed by atoms with Crippen molar-refractivity contribution in [1.29, 1.82) is 0 Å². The SMILES string of the molecule is Cc1[nH]n(-c2ccccc2)c(=O)c1/C=N/OCc1ccccc1. The normalized spacial score (nSPS) is 11.0. The molecule has 1 aromatic heterocycles. The molecule has 3 aromatic rings. The molecule has 0 unspecified atom stereocenters. The van der Waals surface area contributed by atoms with Crippen molar-refractivity contribution < 1.29 is 4.84 Å². The van der Waals surface area contributed by atoms with E-state index in [1.165, 1.54) is 10.9 Å². The minimum atomic E-state index is -0.152. The van der Waals surface area contributed by atoms with Crippen LogP contribution in [-0.4, -0.2) is 16.0 Å². The van der Waals surface area contributed by atoms with E-state index < -0.39 is 0 Å². The molecule has 0 aliphatic rings. The molecule has 116 valence electrons. The lowest BCUT2D eigenvalue weighted by molar-refractivity contribution is 0.132. The Morgan fingerprint density at radius 3 is 2.43 bits per heavy atom. The predicted molar refractivity (Wildman–Crippen MR) is 90.0 cm³/mol. The second-order valence-electron chi connectivity index (χ2n) is 5.12. The summed E-state index contributed by atoms with van der Waals surface area (Å²) in [6, 6.07) is 19.1. The summed E-state index contributed by atoms with van der Waals surface area (Å²) in [5, 5.41) is 6.95. The molecule has 0 aliphatic carbocycles. The summed E-state index contributed by atoms with van der Waals surface area (Å²) in [5.41, 5.74) is 2.89. The number of nitrogens with one attached hydrogen (secondary N) is 1. The van der Waals surface area contributed by atoms with E-state index >= 15 is 0 Å². The summed E-state index contributed by atoms with van der Waals surface area (Å²) in [6.07, 6.45) is 1.45. The summed E-state index contributed by atoms with van der Waals surface area (Å²) >= 11 is 0. The van der Waals surface area contributed by atoms with Gasteiger partial charge in [-0.2, -0.15) is 0 Å². The fourth-order valence-electron chi connectivity index (χ4n) is 2.25. The number of oxime groups is 1. The molecule has 2 aromatic carbocycles. The van der Waals surface area contributed by atoms with Crippen molar-refractivity contribution >= 4 is 6.21 Å². The highest BCUT2D eigenvalue weighted by molar-refractivity contribution is 5.80. The minimum absolute atomic E-state index is 0.152. The Labute approximate surface area is 133 Å². The van der Waals surface area contributed by atoms with Crippen LogP contribution in [0.3, 0.4) is 0 Å². The van der Waals surface area contributed by atoms with Gasteiger partial charge >= 0.3 is 0 Å². The maximum atomic E-state index is 12.4. The highest BCUT2D eigenvalue weighted by Gasteiger charge is 2.10. The summed E-state index contributed by atoms with van der Waals surface area (Å²) in [7, 11) is 0. The van der Waals surface area contributed by atoms with Gasteiger partial charge in [0.15, 0.2) is 0 Å². The Morgan fingerprint density at radius 1 is 1.09 bits per heavy atom. The number of aromatic nitrogens is 2. The minimum Gasteiger partial charge on any atom is -0.391 e. The van der Waals surface area contributed by atoms with Crippen molar-refractivity contribution in [2.45, 2.75) is 13.5 Å². The Morgan fingerprint density at radius 2 is 1.74 bits per heavy atom. The van der Waals surface area contributed by atoms with Crippen molar-refractivity contribution in [3.63, 3.8) is 0 Å². The number of rotatable bonds is 5. The molecule has 0 aliphatic heterocycles. The van der Waals surface area contributed by atoms with Crippen LogP contribution in [-0.2, 0) is 11.4 Å². The third-order valence-electron chi connectivity index (χ3n) is 3.46. The number of para-hydroxylation sites is 1. The molecule has 0 saturated heterocycles. The predicted octanol–water partition coefficient (Wildman–Crippen LogP) is 3.02. The molecular formula is C18H17N3O2. The summed E-state index contributed by atoms with van der Waals surface area (Å²) in [5.74, 6) is 0. The Balaban J connectivity index is 1.75. The average molecular weight is 307 g/mol. The van der Waals surface area contributed by atoms with Gasteiger partial charge in [0.25, 0.3) is 5.56 Å². The maximum Gasteiger partial charge on any atom is 0.280 e. The lowest BCUT2D eigenvalue weighted by Gasteiger charge is -1.99. The lowest BCUT2D eigenvalue weighted by Crippen LogP contribution is -2.17. The van der Waals surface area contributed by atoms with Crippen LogP contribution in [0, 0.1) is 6.92 Å². The van der Waals surface area contributed by atoms with Gasteiger partial charge in [-0.05, 0) is 24.6 Å². The van der Waals surface area contributed by atoms with Crippen LogP contribution < -0.4 is 5.56 Å².